The maximum atomic E-state index is 5.63. The Bertz CT molecular complexity index is 476. The molecule has 1 aliphatic heterocycles. The van der Waals surface area contributed by atoms with Gasteiger partial charge in [-0.1, -0.05) is 20.8 Å². The van der Waals surface area contributed by atoms with Crippen LogP contribution in [-0.4, -0.2) is 35.3 Å². The molecule has 0 amide bonds. The summed E-state index contributed by atoms with van der Waals surface area (Å²) >= 11 is 0. The molecule has 1 fully saturated rings. The zero-order valence-corrected chi connectivity index (χ0v) is 13.9. The zero-order valence-electron chi connectivity index (χ0n) is 13.9. The van der Waals surface area contributed by atoms with E-state index in [1.165, 1.54) is 0 Å². The van der Waals surface area contributed by atoms with Crippen molar-refractivity contribution in [3.63, 3.8) is 0 Å². The Labute approximate surface area is 127 Å². The maximum Gasteiger partial charge on any atom is 0.135 e. The SMILES string of the molecule is CCCNc1nc(C(C)C)nc(NC2CCOC2C)c1C. The molecule has 0 saturated carbocycles. The van der Waals surface area contributed by atoms with E-state index in [9.17, 15) is 0 Å². The summed E-state index contributed by atoms with van der Waals surface area (Å²) in [6, 6.07) is 0.331. The Morgan fingerprint density at radius 3 is 2.57 bits per heavy atom. The van der Waals surface area contributed by atoms with Crippen LogP contribution in [0.3, 0.4) is 0 Å². The van der Waals surface area contributed by atoms with Crippen LogP contribution in [0.4, 0.5) is 11.6 Å². The Morgan fingerprint density at radius 1 is 1.29 bits per heavy atom. The molecule has 0 bridgehead atoms. The highest BCUT2D eigenvalue weighted by atomic mass is 16.5. The fourth-order valence-electron chi connectivity index (χ4n) is 2.45. The Kier molecular flexibility index (Phi) is 5.39. The van der Waals surface area contributed by atoms with Crippen molar-refractivity contribution in [1.82, 2.24) is 9.97 Å². The van der Waals surface area contributed by atoms with Gasteiger partial charge in [0.05, 0.1) is 12.1 Å². The van der Waals surface area contributed by atoms with Gasteiger partial charge in [0.1, 0.15) is 17.5 Å². The van der Waals surface area contributed by atoms with Crippen molar-refractivity contribution in [3.8, 4) is 0 Å². The lowest BCUT2D eigenvalue weighted by molar-refractivity contribution is 0.121. The number of ether oxygens (including phenoxy) is 1. The van der Waals surface area contributed by atoms with Crippen molar-refractivity contribution in [2.24, 2.45) is 0 Å². The standard InChI is InChI=1S/C16H28N4O/c1-6-8-17-15-11(4)16(20-14(19-15)10(2)3)18-13-7-9-21-12(13)5/h10,12-13H,6-9H2,1-5H3,(H2,17,18,19,20). The minimum atomic E-state index is 0.230. The van der Waals surface area contributed by atoms with Crippen LogP contribution in [0, 0.1) is 6.92 Å². The molecule has 1 saturated heterocycles. The van der Waals surface area contributed by atoms with Crippen molar-refractivity contribution in [2.45, 2.75) is 65.5 Å². The number of hydrogen-bond donors (Lipinski definition) is 2. The smallest absolute Gasteiger partial charge is 0.135 e. The van der Waals surface area contributed by atoms with E-state index in [1.807, 2.05) is 0 Å². The second kappa shape index (κ2) is 7.07. The predicted molar refractivity (Wildman–Crippen MR) is 87.1 cm³/mol. The number of anilines is 2. The molecule has 21 heavy (non-hydrogen) atoms. The van der Waals surface area contributed by atoms with Gasteiger partial charge in [-0.3, -0.25) is 0 Å². The van der Waals surface area contributed by atoms with Gasteiger partial charge < -0.3 is 15.4 Å². The summed E-state index contributed by atoms with van der Waals surface area (Å²) in [5, 5.41) is 6.97. The van der Waals surface area contributed by atoms with Crippen molar-refractivity contribution >= 4 is 11.6 Å². The van der Waals surface area contributed by atoms with Gasteiger partial charge in [0, 0.05) is 24.6 Å². The molecule has 2 heterocycles. The average molecular weight is 292 g/mol. The van der Waals surface area contributed by atoms with Crippen LogP contribution >= 0.6 is 0 Å². The summed E-state index contributed by atoms with van der Waals surface area (Å²) in [5.41, 5.74) is 1.09. The van der Waals surface area contributed by atoms with E-state index in [2.05, 4.69) is 50.2 Å². The van der Waals surface area contributed by atoms with E-state index in [0.29, 0.717) is 12.0 Å². The lowest BCUT2D eigenvalue weighted by Gasteiger charge is -2.21. The molecule has 2 unspecified atom stereocenters. The molecular formula is C16H28N4O. The van der Waals surface area contributed by atoms with Crippen LogP contribution in [-0.2, 0) is 4.74 Å². The van der Waals surface area contributed by atoms with Gasteiger partial charge in [0.2, 0.25) is 0 Å². The van der Waals surface area contributed by atoms with Gasteiger partial charge in [-0.2, -0.15) is 0 Å². The molecule has 0 aliphatic carbocycles. The molecule has 1 aliphatic rings. The highest BCUT2D eigenvalue weighted by Gasteiger charge is 2.25. The van der Waals surface area contributed by atoms with Crippen molar-refractivity contribution in [3.05, 3.63) is 11.4 Å². The number of hydrogen-bond acceptors (Lipinski definition) is 5. The third-order valence-electron chi connectivity index (χ3n) is 3.92. The fraction of sp³-hybridized carbons (Fsp3) is 0.750. The molecule has 1 aromatic heterocycles. The molecule has 2 rings (SSSR count). The van der Waals surface area contributed by atoms with Gasteiger partial charge in [-0.05, 0) is 26.7 Å². The summed E-state index contributed by atoms with van der Waals surface area (Å²) in [6.07, 6.45) is 2.34. The summed E-state index contributed by atoms with van der Waals surface area (Å²) in [7, 11) is 0. The van der Waals surface area contributed by atoms with Gasteiger partial charge in [-0.25, -0.2) is 9.97 Å². The first kappa shape index (κ1) is 16.0. The number of nitrogens with zero attached hydrogens (tertiary/aromatic N) is 2. The van der Waals surface area contributed by atoms with E-state index in [1.54, 1.807) is 0 Å². The number of rotatable bonds is 6. The third kappa shape index (κ3) is 3.84. The maximum absolute atomic E-state index is 5.63. The van der Waals surface area contributed by atoms with E-state index in [0.717, 1.165) is 49.0 Å². The van der Waals surface area contributed by atoms with Crippen LogP contribution in [0.1, 0.15) is 57.8 Å². The van der Waals surface area contributed by atoms with Crippen LogP contribution < -0.4 is 10.6 Å². The van der Waals surface area contributed by atoms with E-state index in [-0.39, 0.29) is 6.10 Å². The summed E-state index contributed by atoms with van der Waals surface area (Å²) < 4.78 is 5.63. The molecule has 0 radical (unpaired) electrons. The first-order valence-electron chi connectivity index (χ1n) is 8.03. The number of aromatic nitrogens is 2. The Morgan fingerprint density at radius 2 is 2.00 bits per heavy atom. The lowest BCUT2D eigenvalue weighted by atomic mass is 10.1. The molecule has 5 nitrogen and oxygen atoms in total. The molecule has 1 aromatic rings. The largest absolute Gasteiger partial charge is 0.376 e. The number of nitrogens with one attached hydrogen (secondary N) is 2. The van der Waals surface area contributed by atoms with E-state index < -0.39 is 0 Å². The molecular weight excluding hydrogens is 264 g/mol. The first-order valence-corrected chi connectivity index (χ1v) is 8.03. The molecule has 0 spiro atoms. The zero-order chi connectivity index (χ0) is 15.4. The summed E-state index contributed by atoms with van der Waals surface area (Å²) in [6.45, 7) is 12.3. The van der Waals surface area contributed by atoms with Crippen LogP contribution in [0.25, 0.3) is 0 Å². The predicted octanol–water partition coefficient (Wildman–Crippen LogP) is 3.32. The third-order valence-corrected chi connectivity index (χ3v) is 3.92. The van der Waals surface area contributed by atoms with Crippen LogP contribution in [0.15, 0.2) is 0 Å². The van der Waals surface area contributed by atoms with Gasteiger partial charge >= 0.3 is 0 Å². The van der Waals surface area contributed by atoms with Crippen LogP contribution in [0.5, 0.6) is 0 Å². The molecule has 2 atom stereocenters. The van der Waals surface area contributed by atoms with Gasteiger partial charge in [0.15, 0.2) is 0 Å². The second-order valence-corrected chi connectivity index (χ2v) is 6.10. The fourth-order valence-corrected chi connectivity index (χ4v) is 2.45. The first-order chi connectivity index (χ1) is 10.0. The van der Waals surface area contributed by atoms with E-state index >= 15 is 0 Å². The Balaban J connectivity index is 2.26. The van der Waals surface area contributed by atoms with Gasteiger partial charge in [0.25, 0.3) is 0 Å². The van der Waals surface area contributed by atoms with E-state index in [4.69, 9.17) is 9.72 Å². The van der Waals surface area contributed by atoms with Crippen LogP contribution in [0.2, 0.25) is 0 Å². The topological polar surface area (TPSA) is 59.1 Å². The minimum Gasteiger partial charge on any atom is -0.376 e. The second-order valence-electron chi connectivity index (χ2n) is 6.10. The normalized spacial score (nSPS) is 21.8. The average Bonchev–Trinajstić information content (AvgIpc) is 2.85. The highest BCUT2D eigenvalue weighted by molar-refractivity contribution is 5.58. The quantitative estimate of drug-likeness (QED) is 0.842. The molecule has 5 heteroatoms. The lowest BCUT2D eigenvalue weighted by Crippen LogP contribution is -2.28. The highest BCUT2D eigenvalue weighted by Crippen LogP contribution is 2.26. The summed E-state index contributed by atoms with van der Waals surface area (Å²) in [5.74, 6) is 3.08. The van der Waals surface area contributed by atoms with Crippen molar-refractivity contribution in [1.29, 1.82) is 0 Å². The van der Waals surface area contributed by atoms with Crippen molar-refractivity contribution < 1.29 is 4.74 Å². The molecule has 0 aromatic carbocycles. The Hall–Kier alpha value is -1.36. The monoisotopic (exact) mass is 292 g/mol. The van der Waals surface area contributed by atoms with Crippen molar-refractivity contribution in [2.75, 3.05) is 23.8 Å². The minimum absolute atomic E-state index is 0.230. The van der Waals surface area contributed by atoms with Gasteiger partial charge in [-0.15, -0.1) is 0 Å². The molecule has 2 N–H and O–H groups in total. The molecule has 118 valence electrons. The summed E-state index contributed by atoms with van der Waals surface area (Å²) in [4.78, 5) is 9.39.